The predicted octanol–water partition coefficient (Wildman–Crippen LogP) is 1.48. The van der Waals surface area contributed by atoms with E-state index in [9.17, 15) is 8.42 Å². The Morgan fingerprint density at radius 1 is 1.62 bits per heavy atom. The van der Waals surface area contributed by atoms with E-state index in [1.54, 1.807) is 6.92 Å². The molecule has 0 aliphatic heterocycles. The van der Waals surface area contributed by atoms with Gasteiger partial charge in [0.25, 0.3) is 9.05 Å². The highest BCUT2D eigenvalue weighted by Gasteiger charge is 2.04. The van der Waals surface area contributed by atoms with Crippen LogP contribution in [0.15, 0.2) is 11.0 Å². The topological polar surface area (TPSA) is 34.1 Å². The minimum atomic E-state index is -3.42. The summed E-state index contributed by atoms with van der Waals surface area (Å²) in [5.74, 6) is 0. The third kappa shape index (κ3) is 2.33. The van der Waals surface area contributed by atoms with Gasteiger partial charge in [0, 0.05) is 10.7 Å². The summed E-state index contributed by atoms with van der Waals surface area (Å²) in [6.45, 7) is 3.07. The molecule has 0 N–H and O–H groups in total. The van der Waals surface area contributed by atoms with Crippen LogP contribution in [-0.2, 0) is 9.05 Å². The van der Waals surface area contributed by atoms with E-state index < -0.39 is 9.05 Å². The highest BCUT2D eigenvalue weighted by molar-refractivity contribution is 8.16. The van der Waals surface area contributed by atoms with Gasteiger partial charge in [-0.25, -0.2) is 8.42 Å². The first-order valence-corrected chi connectivity index (χ1v) is 4.37. The zero-order chi connectivity index (χ0) is 6.78. The molecule has 0 amide bonds. The van der Waals surface area contributed by atoms with Crippen molar-refractivity contribution in [1.29, 1.82) is 0 Å². The molecule has 0 aromatic heterocycles. The van der Waals surface area contributed by atoms with Crippen LogP contribution < -0.4 is 0 Å². The molecule has 0 rings (SSSR count). The molecule has 48 valence electrons. The Balaban J connectivity index is 4.55. The van der Waals surface area contributed by atoms with Gasteiger partial charge in [0.2, 0.25) is 0 Å². The van der Waals surface area contributed by atoms with E-state index in [4.69, 9.17) is 10.7 Å². The van der Waals surface area contributed by atoms with E-state index in [1.165, 1.54) is 13.0 Å². The van der Waals surface area contributed by atoms with Crippen molar-refractivity contribution < 1.29 is 8.42 Å². The number of hydrogen-bond donors (Lipinski definition) is 0. The Hall–Kier alpha value is -0.0200. The molecule has 8 heavy (non-hydrogen) atoms. The van der Waals surface area contributed by atoms with Crippen molar-refractivity contribution in [1.82, 2.24) is 0 Å². The summed E-state index contributed by atoms with van der Waals surface area (Å²) in [5, 5.41) is 0. The Kier molecular flexibility index (Phi) is 2.50. The quantitative estimate of drug-likeness (QED) is 0.537. The molecule has 0 heterocycles. The van der Waals surface area contributed by atoms with Crippen LogP contribution in [0.5, 0.6) is 0 Å². The van der Waals surface area contributed by atoms with Crippen molar-refractivity contribution in [3.8, 4) is 0 Å². The first kappa shape index (κ1) is 7.98. The molecular weight excluding hydrogens is 148 g/mol. The maximum absolute atomic E-state index is 10.3. The lowest BCUT2D eigenvalue weighted by Gasteiger charge is -1.88. The van der Waals surface area contributed by atoms with Crippen LogP contribution >= 0.6 is 10.7 Å². The first-order valence-electron chi connectivity index (χ1n) is 2.06. The normalized spacial score (nSPS) is 14.1. The fourth-order valence-electron chi connectivity index (χ4n) is 0.141. The lowest BCUT2D eigenvalue weighted by atomic mass is 10.6. The molecule has 0 aliphatic rings. The maximum atomic E-state index is 10.3. The molecule has 0 saturated heterocycles. The van der Waals surface area contributed by atoms with Gasteiger partial charge >= 0.3 is 0 Å². The summed E-state index contributed by atoms with van der Waals surface area (Å²) >= 11 is 0. The standard InChI is InChI=1S/C4H7ClO2S/c1-3-4(2)8(5,6)7/h3H,1-2H3. The zero-order valence-electron chi connectivity index (χ0n) is 4.68. The van der Waals surface area contributed by atoms with E-state index >= 15 is 0 Å². The van der Waals surface area contributed by atoms with Crippen molar-refractivity contribution in [2.75, 3.05) is 0 Å². The van der Waals surface area contributed by atoms with Crippen molar-refractivity contribution in [2.24, 2.45) is 0 Å². The van der Waals surface area contributed by atoms with Gasteiger partial charge in [0.05, 0.1) is 4.91 Å². The van der Waals surface area contributed by atoms with E-state index in [-0.39, 0.29) is 4.91 Å². The van der Waals surface area contributed by atoms with Crippen LogP contribution in [0.1, 0.15) is 13.8 Å². The van der Waals surface area contributed by atoms with Crippen LogP contribution in [0.3, 0.4) is 0 Å². The summed E-state index contributed by atoms with van der Waals surface area (Å²) < 4.78 is 20.5. The third-order valence-electron chi connectivity index (χ3n) is 0.791. The SMILES string of the molecule is CC=C(C)S(=O)(=O)Cl. The van der Waals surface area contributed by atoms with Gasteiger partial charge in [-0.3, -0.25) is 0 Å². The minimum absolute atomic E-state index is 0.194. The second-order valence-corrected chi connectivity index (χ2v) is 4.08. The Labute approximate surface area is 53.6 Å². The van der Waals surface area contributed by atoms with Gasteiger partial charge in [0.1, 0.15) is 0 Å². The van der Waals surface area contributed by atoms with Gasteiger partial charge in [-0.05, 0) is 13.8 Å². The van der Waals surface area contributed by atoms with Crippen molar-refractivity contribution >= 4 is 19.7 Å². The van der Waals surface area contributed by atoms with Crippen LogP contribution in [0.2, 0.25) is 0 Å². The van der Waals surface area contributed by atoms with E-state index in [0.717, 1.165) is 0 Å². The van der Waals surface area contributed by atoms with Crippen molar-refractivity contribution in [2.45, 2.75) is 13.8 Å². The van der Waals surface area contributed by atoms with Crippen LogP contribution in [-0.4, -0.2) is 8.42 Å². The van der Waals surface area contributed by atoms with Crippen LogP contribution in [0.25, 0.3) is 0 Å². The maximum Gasteiger partial charge on any atom is 0.256 e. The van der Waals surface area contributed by atoms with E-state index in [1.807, 2.05) is 0 Å². The lowest BCUT2D eigenvalue weighted by Crippen LogP contribution is -1.87. The fourth-order valence-corrected chi connectivity index (χ4v) is 0.690. The molecule has 0 aliphatic carbocycles. The van der Waals surface area contributed by atoms with Gasteiger partial charge < -0.3 is 0 Å². The number of allylic oxidation sites excluding steroid dienone is 2. The summed E-state index contributed by atoms with van der Waals surface area (Å²) in [6.07, 6.45) is 1.45. The largest absolute Gasteiger partial charge is 0.256 e. The number of hydrogen-bond acceptors (Lipinski definition) is 2. The van der Waals surface area contributed by atoms with Gasteiger partial charge in [0.15, 0.2) is 0 Å². The smallest absolute Gasteiger partial charge is 0.207 e. The summed E-state index contributed by atoms with van der Waals surface area (Å²) in [5.41, 5.74) is 0. The highest BCUT2D eigenvalue weighted by atomic mass is 35.7. The molecule has 0 fully saturated rings. The lowest BCUT2D eigenvalue weighted by molar-refractivity contribution is 0.615. The first-order chi connectivity index (χ1) is 3.48. The summed E-state index contributed by atoms with van der Waals surface area (Å²) in [6, 6.07) is 0. The fraction of sp³-hybridized carbons (Fsp3) is 0.500. The molecule has 0 saturated carbocycles. The van der Waals surface area contributed by atoms with Gasteiger partial charge in [-0.15, -0.1) is 0 Å². The molecule has 0 radical (unpaired) electrons. The monoisotopic (exact) mass is 154 g/mol. The molecule has 0 aromatic carbocycles. The second kappa shape index (κ2) is 2.51. The van der Waals surface area contributed by atoms with Crippen molar-refractivity contribution in [3.05, 3.63) is 11.0 Å². The van der Waals surface area contributed by atoms with Crippen LogP contribution in [0.4, 0.5) is 0 Å². The molecule has 0 aromatic rings. The zero-order valence-corrected chi connectivity index (χ0v) is 6.25. The van der Waals surface area contributed by atoms with Crippen molar-refractivity contribution in [3.63, 3.8) is 0 Å². The van der Waals surface area contributed by atoms with Gasteiger partial charge in [-0.1, -0.05) is 6.08 Å². The Morgan fingerprint density at radius 2 is 2.00 bits per heavy atom. The number of halogens is 1. The molecule has 0 atom stereocenters. The van der Waals surface area contributed by atoms with Crippen LogP contribution in [0, 0.1) is 0 Å². The highest BCUT2D eigenvalue weighted by Crippen LogP contribution is 2.08. The molecule has 4 heteroatoms. The average Bonchev–Trinajstić information content (AvgIpc) is 1.62. The minimum Gasteiger partial charge on any atom is -0.207 e. The van der Waals surface area contributed by atoms with E-state index in [2.05, 4.69) is 0 Å². The molecule has 0 bridgehead atoms. The third-order valence-corrected chi connectivity index (χ3v) is 2.53. The summed E-state index contributed by atoms with van der Waals surface area (Å²) in [7, 11) is 1.47. The van der Waals surface area contributed by atoms with E-state index in [0.29, 0.717) is 0 Å². The Bertz CT molecular complexity index is 190. The molecule has 0 spiro atoms. The number of rotatable bonds is 1. The molecular formula is C4H7ClO2S. The summed E-state index contributed by atoms with van der Waals surface area (Å²) in [4.78, 5) is 0.194. The van der Waals surface area contributed by atoms with Gasteiger partial charge in [-0.2, -0.15) is 0 Å². The molecule has 0 unspecified atom stereocenters. The average molecular weight is 155 g/mol. The Morgan fingerprint density at radius 3 is 2.00 bits per heavy atom. The predicted molar refractivity (Wildman–Crippen MR) is 34.2 cm³/mol. The second-order valence-electron chi connectivity index (χ2n) is 1.34. The molecule has 2 nitrogen and oxygen atoms in total.